The van der Waals surface area contributed by atoms with E-state index >= 15 is 0 Å². The molecule has 170 valence electrons. The summed E-state index contributed by atoms with van der Waals surface area (Å²) >= 11 is 1.84. The van der Waals surface area contributed by atoms with Crippen molar-refractivity contribution in [3.8, 4) is 16.9 Å². The molecule has 0 aliphatic rings. The number of likely N-dealkylation sites (N-methyl/N-ethyl adjacent to an activating group) is 1. The molecular weight excluding hydrogens is 440 g/mol. The van der Waals surface area contributed by atoms with Crippen LogP contribution in [0, 0.1) is 0 Å². The van der Waals surface area contributed by atoms with Crippen LogP contribution < -0.4 is 10.1 Å². The predicted octanol–water partition coefficient (Wildman–Crippen LogP) is 5.38. The van der Waals surface area contributed by atoms with Gasteiger partial charge >= 0.3 is 0 Å². The highest BCUT2D eigenvalue weighted by molar-refractivity contribution is 7.98. The number of hydrogen-bond acceptors (Lipinski definition) is 4. The molecule has 3 aromatic carbocycles. The van der Waals surface area contributed by atoms with Gasteiger partial charge in [0.25, 0.3) is 5.91 Å². The minimum Gasteiger partial charge on any atom is -0.493 e. The summed E-state index contributed by atoms with van der Waals surface area (Å²) in [6.45, 7) is 2.13. The van der Waals surface area contributed by atoms with Crippen molar-refractivity contribution in [1.29, 1.82) is 0 Å². The molecule has 0 heterocycles. The van der Waals surface area contributed by atoms with E-state index in [0.29, 0.717) is 18.7 Å². The smallest absolute Gasteiger partial charge is 0.251 e. The van der Waals surface area contributed by atoms with Crippen LogP contribution in [0.5, 0.6) is 5.75 Å². The van der Waals surface area contributed by atoms with Crippen LogP contribution in [0.2, 0.25) is 0 Å². The van der Waals surface area contributed by atoms with Crippen LogP contribution in [0.1, 0.15) is 15.9 Å². The molecule has 1 amide bonds. The number of carbonyl (C=O) groups excluding carboxylic acids is 1. The number of hydrogen-bond donors (Lipinski definition) is 1. The largest absolute Gasteiger partial charge is 0.493 e. The fourth-order valence-electron chi connectivity index (χ4n) is 3.17. The van der Waals surface area contributed by atoms with Crippen molar-refractivity contribution in [1.82, 2.24) is 10.2 Å². The Labute approximate surface area is 201 Å². The van der Waals surface area contributed by atoms with E-state index in [1.165, 1.54) is 5.56 Å². The molecule has 0 atom stereocenters. The summed E-state index contributed by atoms with van der Waals surface area (Å²) in [6, 6.07) is 26.1. The normalized spacial score (nSPS) is 10.5. The third-order valence-electron chi connectivity index (χ3n) is 4.76. The van der Waals surface area contributed by atoms with Gasteiger partial charge in [-0.25, -0.2) is 0 Å². The lowest BCUT2D eigenvalue weighted by atomic mass is 9.98. The molecule has 0 saturated heterocycles. The predicted molar refractivity (Wildman–Crippen MR) is 138 cm³/mol. The quantitative estimate of drug-likeness (QED) is 0.382. The molecular formula is C26H31ClN2O2S. The number of nitrogens with zero attached hydrogens (tertiary/aromatic N) is 1. The van der Waals surface area contributed by atoms with E-state index in [1.807, 2.05) is 80.5 Å². The third-order valence-corrected chi connectivity index (χ3v) is 5.76. The number of nitrogens with one attached hydrogen (secondary N) is 1. The SMILES string of the molecule is CN(C)CCNC(=O)c1ccccc1-c1cccc(CSCCOc2ccccc2)c1.Cl. The van der Waals surface area contributed by atoms with Gasteiger partial charge in [-0.1, -0.05) is 60.7 Å². The molecule has 0 fully saturated rings. The first-order valence-electron chi connectivity index (χ1n) is 10.5. The Morgan fingerprint density at radius 3 is 2.50 bits per heavy atom. The molecule has 1 N–H and O–H groups in total. The van der Waals surface area contributed by atoms with Crippen LogP contribution in [0.15, 0.2) is 78.9 Å². The summed E-state index contributed by atoms with van der Waals surface area (Å²) in [7, 11) is 3.99. The summed E-state index contributed by atoms with van der Waals surface area (Å²) in [5, 5.41) is 3.02. The lowest BCUT2D eigenvalue weighted by molar-refractivity contribution is 0.0951. The maximum absolute atomic E-state index is 12.7. The van der Waals surface area contributed by atoms with Crippen molar-refractivity contribution in [2.45, 2.75) is 5.75 Å². The summed E-state index contributed by atoms with van der Waals surface area (Å²) < 4.78 is 5.76. The molecule has 0 aliphatic carbocycles. The molecule has 0 aromatic heterocycles. The topological polar surface area (TPSA) is 41.6 Å². The molecule has 0 spiro atoms. The van der Waals surface area contributed by atoms with E-state index in [4.69, 9.17) is 4.74 Å². The number of thioether (sulfide) groups is 1. The summed E-state index contributed by atoms with van der Waals surface area (Å²) in [4.78, 5) is 14.8. The van der Waals surface area contributed by atoms with Crippen LogP contribution in [0.4, 0.5) is 0 Å². The number of rotatable bonds is 11. The average Bonchev–Trinajstić information content (AvgIpc) is 2.79. The van der Waals surface area contributed by atoms with Crippen LogP contribution in [-0.4, -0.2) is 50.4 Å². The first kappa shape index (κ1) is 25.8. The summed E-state index contributed by atoms with van der Waals surface area (Å²) in [5.41, 5.74) is 3.98. The zero-order valence-corrected chi connectivity index (χ0v) is 20.3. The maximum atomic E-state index is 12.7. The molecule has 3 aromatic rings. The number of amides is 1. The number of halogens is 1. The van der Waals surface area contributed by atoms with Gasteiger partial charge in [-0.3, -0.25) is 4.79 Å². The Morgan fingerprint density at radius 1 is 0.969 bits per heavy atom. The Hall–Kier alpha value is -2.47. The van der Waals surface area contributed by atoms with E-state index in [-0.39, 0.29) is 18.3 Å². The molecule has 6 heteroatoms. The number of ether oxygens (including phenoxy) is 1. The second kappa shape index (κ2) is 13.8. The minimum absolute atomic E-state index is 0. The van der Waals surface area contributed by atoms with Crippen molar-refractivity contribution in [2.24, 2.45) is 0 Å². The van der Waals surface area contributed by atoms with Crippen molar-refractivity contribution >= 4 is 30.1 Å². The van der Waals surface area contributed by atoms with E-state index in [0.717, 1.165) is 34.9 Å². The lowest BCUT2D eigenvalue weighted by Gasteiger charge is -2.13. The Balaban J connectivity index is 0.00000363. The Kier molecular flexibility index (Phi) is 11.2. The van der Waals surface area contributed by atoms with Gasteiger partial charge in [0.2, 0.25) is 0 Å². The second-order valence-electron chi connectivity index (χ2n) is 7.52. The van der Waals surface area contributed by atoms with Crippen LogP contribution in [0.25, 0.3) is 11.1 Å². The first-order valence-corrected chi connectivity index (χ1v) is 11.7. The summed E-state index contributed by atoms with van der Waals surface area (Å²) in [5.74, 6) is 2.70. The zero-order chi connectivity index (χ0) is 21.9. The van der Waals surface area contributed by atoms with Crippen LogP contribution in [-0.2, 0) is 5.75 Å². The monoisotopic (exact) mass is 470 g/mol. The minimum atomic E-state index is -0.0321. The van der Waals surface area contributed by atoms with Crippen molar-refractivity contribution < 1.29 is 9.53 Å². The Morgan fingerprint density at radius 2 is 1.72 bits per heavy atom. The van der Waals surface area contributed by atoms with Crippen molar-refractivity contribution in [2.75, 3.05) is 39.5 Å². The van der Waals surface area contributed by atoms with Gasteiger partial charge in [-0.15, -0.1) is 12.4 Å². The van der Waals surface area contributed by atoms with Crippen LogP contribution >= 0.6 is 24.2 Å². The van der Waals surface area contributed by atoms with Gasteiger partial charge in [-0.2, -0.15) is 11.8 Å². The van der Waals surface area contributed by atoms with Gasteiger partial charge in [0.15, 0.2) is 0 Å². The van der Waals surface area contributed by atoms with Gasteiger partial charge < -0.3 is 15.0 Å². The van der Waals surface area contributed by atoms with Crippen molar-refractivity contribution in [3.05, 3.63) is 90.0 Å². The molecule has 0 saturated carbocycles. The number of para-hydroxylation sites is 1. The highest BCUT2D eigenvalue weighted by Crippen LogP contribution is 2.26. The zero-order valence-electron chi connectivity index (χ0n) is 18.6. The van der Waals surface area contributed by atoms with Gasteiger partial charge in [0.1, 0.15) is 5.75 Å². The van der Waals surface area contributed by atoms with Gasteiger partial charge in [-0.05, 0) is 49.0 Å². The Bertz CT molecular complexity index is 967. The van der Waals surface area contributed by atoms with E-state index in [9.17, 15) is 4.79 Å². The van der Waals surface area contributed by atoms with Gasteiger partial charge in [0.05, 0.1) is 6.61 Å². The molecule has 0 aliphatic heterocycles. The first-order chi connectivity index (χ1) is 15.1. The number of carbonyl (C=O) groups is 1. The molecule has 3 rings (SSSR count). The highest BCUT2D eigenvalue weighted by Gasteiger charge is 2.12. The van der Waals surface area contributed by atoms with E-state index < -0.39 is 0 Å². The molecule has 0 radical (unpaired) electrons. The fraction of sp³-hybridized carbons (Fsp3) is 0.269. The second-order valence-corrected chi connectivity index (χ2v) is 8.62. The standard InChI is InChI=1S/C26H30N2O2S.ClH/c1-28(2)16-15-27-26(29)25-14-7-6-13-24(25)22-10-8-9-21(19-22)20-31-18-17-30-23-11-4-3-5-12-23;/h3-14,19H,15-18,20H2,1-2H3,(H,27,29);1H. The highest BCUT2D eigenvalue weighted by atomic mass is 35.5. The molecule has 32 heavy (non-hydrogen) atoms. The summed E-state index contributed by atoms with van der Waals surface area (Å²) in [6.07, 6.45) is 0. The molecule has 0 unspecified atom stereocenters. The van der Waals surface area contributed by atoms with E-state index in [1.54, 1.807) is 0 Å². The van der Waals surface area contributed by atoms with E-state index in [2.05, 4.69) is 34.5 Å². The fourth-order valence-corrected chi connectivity index (χ4v) is 3.94. The maximum Gasteiger partial charge on any atom is 0.251 e. The molecule has 0 bridgehead atoms. The lowest BCUT2D eigenvalue weighted by Crippen LogP contribution is -2.31. The van der Waals surface area contributed by atoms with Gasteiger partial charge in [0, 0.05) is 30.2 Å². The third kappa shape index (κ3) is 8.23. The van der Waals surface area contributed by atoms with Crippen molar-refractivity contribution in [3.63, 3.8) is 0 Å². The van der Waals surface area contributed by atoms with Crippen LogP contribution in [0.3, 0.4) is 0 Å². The average molecular weight is 471 g/mol. The number of benzene rings is 3. The molecule has 4 nitrogen and oxygen atoms in total.